The van der Waals surface area contributed by atoms with Crippen LogP contribution in [0.1, 0.15) is 16.8 Å². The number of nitrogens with zero attached hydrogens (tertiary/aromatic N) is 8. The van der Waals surface area contributed by atoms with E-state index >= 15 is 0 Å². The van der Waals surface area contributed by atoms with Crippen molar-refractivity contribution in [1.82, 2.24) is 40.1 Å². The van der Waals surface area contributed by atoms with E-state index in [2.05, 4.69) is 57.8 Å². The van der Waals surface area contributed by atoms with Gasteiger partial charge in [0, 0.05) is 25.0 Å². The van der Waals surface area contributed by atoms with E-state index in [-0.39, 0.29) is 0 Å². The Kier molecular flexibility index (Phi) is 3.85. The van der Waals surface area contributed by atoms with Gasteiger partial charge >= 0.3 is 0 Å². The number of hydrogen-bond donors (Lipinski definition) is 2. The summed E-state index contributed by atoms with van der Waals surface area (Å²) >= 11 is 0. The van der Waals surface area contributed by atoms with Crippen LogP contribution < -0.4 is 10.2 Å². The average Bonchev–Trinajstić information content (AvgIpc) is 3.32. The van der Waals surface area contributed by atoms with Crippen LogP contribution in [0.3, 0.4) is 0 Å². The molecule has 0 bridgehead atoms. The molecule has 1 aliphatic heterocycles. The number of aromatic nitrogens is 8. The number of rotatable bonds is 4. The fourth-order valence-corrected chi connectivity index (χ4v) is 4.03. The smallest absolute Gasteiger partial charge is 0.206 e. The Balaban J connectivity index is 1.22. The third kappa shape index (κ3) is 3.03. The van der Waals surface area contributed by atoms with Crippen LogP contribution in [-0.4, -0.2) is 46.7 Å². The highest BCUT2D eigenvalue weighted by atomic mass is 15.4. The summed E-state index contributed by atoms with van der Waals surface area (Å²) in [5.41, 5.74) is 7.52. The van der Waals surface area contributed by atoms with Crippen LogP contribution in [0.15, 0.2) is 36.5 Å². The molecule has 10 nitrogen and oxygen atoms in total. The van der Waals surface area contributed by atoms with E-state index in [0.29, 0.717) is 5.95 Å². The highest BCUT2D eigenvalue weighted by Crippen LogP contribution is 2.29. The number of nitrogens with one attached hydrogen (secondary N) is 2. The summed E-state index contributed by atoms with van der Waals surface area (Å²) in [7, 11) is 0. The van der Waals surface area contributed by atoms with Crippen molar-refractivity contribution < 1.29 is 0 Å². The summed E-state index contributed by atoms with van der Waals surface area (Å²) < 4.78 is 1.98. The topological polar surface area (TPSA) is 113 Å². The van der Waals surface area contributed by atoms with E-state index in [1.165, 1.54) is 5.56 Å². The molecule has 0 unspecified atom stereocenters. The van der Waals surface area contributed by atoms with Crippen molar-refractivity contribution in [2.75, 3.05) is 16.8 Å². The lowest BCUT2D eigenvalue weighted by atomic mass is 10.2. The Morgan fingerprint density at radius 1 is 1.10 bits per heavy atom. The highest BCUT2D eigenvalue weighted by Gasteiger charge is 2.24. The number of aromatic amines is 1. The molecule has 1 aliphatic rings. The molecule has 0 atom stereocenters. The van der Waals surface area contributed by atoms with Crippen LogP contribution in [0.4, 0.5) is 17.5 Å². The fraction of sp³-hybridized carbons (Fsp3) is 0.238. The number of H-pyrrole nitrogens is 1. The maximum atomic E-state index is 4.56. The lowest BCUT2D eigenvalue weighted by molar-refractivity contribution is 0.578. The zero-order valence-electron chi connectivity index (χ0n) is 17.2. The van der Waals surface area contributed by atoms with Gasteiger partial charge in [0.1, 0.15) is 16.6 Å². The minimum atomic E-state index is 0.676. The van der Waals surface area contributed by atoms with Crippen molar-refractivity contribution >= 4 is 39.7 Å². The van der Waals surface area contributed by atoms with Gasteiger partial charge in [0.25, 0.3) is 0 Å². The Labute approximate surface area is 177 Å². The minimum Gasteiger partial charge on any atom is -0.347 e. The zero-order chi connectivity index (χ0) is 20.9. The first-order chi connectivity index (χ1) is 15.1. The van der Waals surface area contributed by atoms with Crippen molar-refractivity contribution in [3.63, 3.8) is 0 Å². The maximum absolute atomic E-state index is 4.56. The van der Waals surface area contributed by atoms with Gasteiger partial charge in [-0.1, -0.05) is 12.1 Å². The van der Waals surface area contributed by atoms with Crippen molar-refractivity contribution in [2.24, 2.45) is 0 Å². The van der Waals surface area contributed by atoms with Gasteiger partial charge in [-0.05, 0) is 48.4 Å². The van der Waals surface area contributed by atoms with Gasteiger partial charge in [-0.3, -0.25) is 4.68 Å². The first-order valence-corrected chi connectivity index (χ1v) is 10.1. The van der Waals surface area contributed by atoms with E-state index in [9.17, 15) is 0 Å². The van der Waals surface area contributed by atoms with Crippen molar-refractivity contribution in [1.29, 1.82) is 0 Å². The largest absolute Gasteiger partial charge is 0.347 e. The molecular formula is C21H20N10. The first-order valence-electron chi connectivity index (χ1n) is 10.1. The second-order valence-corrected chi connectivity index (χ2v) is 7.83. The summed E-state index contributed by atoms with van der Waals surface area (Å²) in [6, 6.07) is 10.3. The molecule has 0 spiro atoms. The molecule has 5 aromatic rings. The molecule has 0 saturated carbocycles. The third-order valence-electron chi connectivity index (χ3n) is 5.54. The molecular weight excluding hydrogens is 392 g/mol. The molecule has 2 N–H and O–H groups in total. The summed E-state index contributed by atoms with van der Waals surface area (Å²) in [5.74, 6) is 1.51. The van der Waals surface area contributed by atoms with Crippen LogP contribution in [0.25, 0.3) is 22.2 Å². The molecule has 5 heterocycles. The van der Waals surface area contributed by atoms with Gasteiger partial charge in [-0.2, -0.15) is 5.10 Å². The number of anilines is 3. The van der Waals surface area contributed by atoms with E-state index in [1.54, 1.807) is 0 Å². The average molecular weight is 412 g/mol. The summed E-state index contributed by atoms with van der Waals surface area (Å²) in [6.07, 6.45) is 1.83. The maximum Gasteiger partial charge on any atom is 0.206 e. The minimum absolute atomic E-state index is 0.676. The van der Waals surface area contributed by atoms with Gasteiger partial charge < -0.3 is 15.2 Å². The number of hydrogen-bond acceptors (Lipinski definition) is 8. The molecule has 0 radical (unpaired) electrons. The molecule has 0 aliphatic carbocycles. The molecule has 4 aromatic heterocycles. The van der Waals surface area contributed by atoms with E-state index < -0.39 is 0 Å². The van der Waals surface area contributed by atoms with Gasteiger partial charge in [-0.25, -0.2) is 9.97 Å². The lowest BCUT2D eigenvalue weighted by Gasteiger charge is -2.27. The number of aryl methyl sites for hydroxylation is 2. The highest BCUT2D eigenvalue weighted by molar-refractivity contribution is 5.88. The van der Waals surface area contributed by atoms with Gasteiger partial charge in [0.15, 0.2) is 11.5 Å². The summed E-state index contributed by atoms with van der Waals surface area (Å²) in [5, 5.41) is 20.3. The fourth-order valence-electron chi connectivity index (χ4n) is 4.03. The molecule has 154 valence electrons. The Hall–Kier alpha value is -4.08. The van der Waals surface area contributed by atoms with Crippen LogP contribution in [0.2, 0.25) is 0 Å². The van der Waals surface area contributed by atoms with Crippen LogP contribution >= 0.6 is 0 Å². The Bertz CT molecular complexity index is 1420. The molecule has 0 fully saturated rings. The van der Waals surface area contributed by atoms with Gasteiger partial charge in [0.2, 0.25) is 5.95 Å². The standard InChI is InChI=1S/C21H20N10/c1-12-9-16-19(22-10-12)25-21(24-16)23-15-5-3-14(4-6-15)11-30-7-8-31-18-17(13(2)28-31)26-29-27-20(18)30/h3-6,9-10H,7-8,11H2,1-2H3,(H2,22,23,24,25). The first kappa shape index (κ1) is 17.8. The van der Waals surface area contributed by atoms with E-state index in [1.807, 2.05) is 42.9 Å². The van der Waals surface area contributed by atoms with Crippen LogP contribution in [0, 0.1) is 13.8 Å². The molecule has 6 rings (SSSR count). The van der Waals surface area contributed by atoms with Crippen LogP contribution in [-0.2, 0) is 13.1 Å². The predicted molar refractivity (Wildman–Crippen MR) is 117 cm³/mol. The van der Waals surface area contributed by atoms with Crippen molar-refractivity contribution in [2.45, 2.75) is 26.9 Å². The summed E-state index contributed by atoms with van der Waals surface area (Å²) in [6.45, 7) is 6.34. The number of fused-ring (bicyclic) bond motifs is 1. The second kappa shape index (κ2) is 6.73. The second-order valence-electron chi connectivity index (χ2n) is 7.83. The predicted octanol–water partition coefficient (Wildman–Crippen LogP) is 2.87. The van der Waals surface area contributed by atoms with Gasteiger partial charge in [0.05, 0.1) is 12.2 Å². The monoisotopic (exact) mass is 412 g/mol. The number of benzene rings is 1. The summed E-state index contributed by atoms with van der Waals surface area (Å²) in [4.78, 5) is 14.4. The van der Waals surface area contributed by atoms with Crippen molar-refractivity contribution in [3.05, 3.63) is 53.3 Å². The number of pyridine rings is 1. The number of imidazole rings is 1. The zero-order valence-corrected chi connectivity index (χ0v) is 17.2. The van der Waals surface area contributed by atoms with Crippen molar-refractivity contribution in [3.8, 4) is 0 Å². The molecule has 0 saturated heterocycles. The third-order valence-corrected chi connectivity index (χ3v) is 5.54. The van der Waals surface area contributed by atoms with Gasteiger partial charge in [-0.15, -0.1) is 10.2 Å². The Morgan fingerprint density at radius 3 is 2.84 bits per heavy atom. The molecule has 1 aromatic carbocycles. The SMILES string of the molecule is Cc1cnc2[nH]c(Nc3ccc(CN4CCn5nc(C)c6nnnc4c65)cc3)nc2c1. The quantitative estimate of drug-likeness (QED) is 0.463. The Morgan fingerprint density at radius 2 is 1.97 bits per heavy atom. The van der Waals surface area contributed by atoms with E-state index in [0.717, 1.165) is 64.6 Å². The van der Waals surface area contributed by atoms with E-state index in [4.69, 9.17) is 0 Å². The molecule has 10 heteroatoms. The normalized spacial score (nSPS) is 13.3. The van der Waals surface area contributed by atoms with Crippen LogP contribution in [0.5, 0.6) is 0 Å². The molecule has 31 heavy (non-hydrogen) atoms. The molecule has 0 amide bonds. The lowest BCUT2D eigenvalue weighted by Crippen LogP contribution is -2.32.